The normalized spacial score (nSPS) is 21.2. The fourth-order valence-electron chi connectivity index (χ4n) is 2.94. The van der Waals surface area contributed by atoms with Crippen molar-refractivity contribution in [1.82, 2.24) is 0 Å². The molecule has 1 aliphatic carbocycles. The average molecular weight is 236 g/mol. The maximum absolute atomic E-state index is 4.84. The van der Waals surface area contributed by atoms with Gasteiger partial charge in [0.05, 0.1) is 5.54 Å². The Morgan fingerprint density at radius 2 is 1.75 bits per heavy atom. The van der Waals surface area contributed by atoms with Gasteiger partial charge in [0.25, 0.3) is 0 Å². The van der Waals surface area contributed by atoms with Crippen LogP contribution in [-0.2, 0) is 6.42 Å². The Hall–Kier alpha value is -0.820. The molecule has 0 N–H and O–H groups in total. The lowest BCUT2D eigenvalue weighted by Crippen LogP contribution is -2.34. The summed E-state index contributed by atoms with van der Waals surface area (Å²) in [6, 6.07) is 8.68. The van der Waals surface area contributed by atoms with Gasteiger partial charge in [-0.2, -0.15) is 0 Å². The number of nitrogens with zero attached hydrogens (tertiary/aromatic N) is 1. The SMILES string of the molecule is C1=NC2(CCCCC2)Cc2ccccc21.Cl. The highest BCUT2D eigenvalue weighted by atomic mass is 35.5. The van der Waals surface area contributed by atoms with Gasteiger partial charge in [-0.05, 0) is 30.4 Å². The van der Waals surface area contributed by atoms with Crippen LogP contribution in [0.2, 0.25) is 0 Å². The van der Waals surface area contributed by atoms with Crippen molar-refractivity contribution in [2.24, 2.45) is 4.99 Å². The Morgan fingerprint density at radius 1 is 1.00 bits per heavy atom. The van der Waals surface area contributed by atoms with Crippen LogP contribution in [0.4, 0.5) is 0 Å². The summed E-state index contributed by atoms with van der Waals surface area (Å²) in [5.41, 5.74) is 3.09. The Labute approximate surface area is 103 Å². The minimum atomic E-state index is 0. The average Bonchev–Trinajstić information content (AvgIpc) is 2.30. The summed E-state index contributed by atoms with van der Waals surface area (Å²) in [5, 5.41) is 0. The molecule has 0 radical (unpaired) electrons. The molecule has 1 nitrogen and oxygen atoms in total. The maximum atomic E-state index is 4.84. The predicted molar refractivity (Wildman–Crippen MR) is 70.8 cm³/mol. The van der Waals surface area contributed by atoms with E-state index in [2.05, 4.69) is 30.5 Å². The van der Waals surface area contributed by atoms with E-state index in [9.17, 15) is 0 Å². The van der Waals surface area contributed by atoms with Crippen molar-refractivity contribution in [1.29, 1.82) is 0 Å². The first-order valence-electron chi connectivity index (χ1n) is 6.01. The first kappa shape index (κ1) is 11.7. The molecule has 2 heteroatoms. The van der Waals surface area contributed by atoms with Gasteiger partial charge < -0.3 is 0 Å². The molecule has 1 spiro atoms. The van der Waals surface area contributed by atoms with Crippen molar-refractivity contribution in [3.8, 4) is 0 Å². The van der Waals surface area contributed by atoms with Gasteiger partial charge in [-0.1, -0.05) is 43.5 Å². The molecule has 0 amide bonds. The van der Waals surface area contributed by atoms with Crippen LogP contribution >= 0.6 is 12.4 Å². The molecule has 0 bridgehead atoms. The quantitative estimate of drug-likeness (QED) is 0.649. The summed E-state index contributed by atoms with van der Waals surface area (Å²) < 4.78 is 0. The Kier molecular flexibility index (Phi) is 3.34. The molecule has 16 heavy (non-hydrogen) atoms. The van der Waals surface area contributed by atoms with Gasteiger partial charge in [-0.25, -0.2) is 0 Å². The Balaban J connectivity index is 0.000000963. The van der Waals surface area contributed by atoms with Crippen molar-refractivity contribution < 1.29 is 0 Å². The standard InChI is InChI=1S/C14H17N.ClH/c1-4-8-14(9-5-1)10-12-6-2-3-7-13(12)11-15-14;/h2-3,6-7,11H,1,4-5,8-10H2;1H. The molecule has 3 rings (SSSR count). The van der Waals surface area contributed by atoms with Crippen LogP contribution in [0.1, 0.15) is 43.2 Å². The molecule has 1 aromatic rings. The van der Waals surface area contributed by atoms with Crippen molar-refractivity contribution in [3.05, 3.63) is 35.4 Å². The highest BCUT2D eigenvalue weighted by molar-refractivity contribution is 5.85. The van der Waals surface area contributed by atoms with Gasteiger partial charge in [-0.3, -0.25) is 4.99 Å². The topological polar surface area (TPSA) is 12.4 Å². The van der Waals surface area contributed by atoms with E-state index >= 15 is 0 Å². The molecule has 1 aromatic carbocycles. The first-order chi connectivity index (χ1) is 7.38. The van der Waals surface area contributed by atoms with Crippen LogP contribution in [0.15, 0.2) is 29.3 Å². The predicted octanol–water partition coefficient (Wildman–Crippen LogP) is 3.79. The zero-order valence-electron chi connectivity index (χ0n) is 9.48. The van der Waals surface area contributed by atoms with Crippen LogP contribution < -0.4 is 0 Å². The molecular formula is C14H18ClN. The summed E-state index contributed by atoms with van der Waals surface area (Å²) in [5.74, 6) is 0. The van der Waals surface area contributed by atoms with E-state index in [1.807, 2.05) is 0 Å². The number of benzene rings is 1. The first-order valence-corrected chi connectivity index (χ1v) is 6.01. The smallest absolute Gasteiger partial charge is 0.0648 e. The van der Waals surface area contributed by atoms with Crippen molar-refractivity contribution in [3.63, 3.8) is 0 Å². The van der Waals surface area contributed by atoms with Gasteiger partial charge in [0.15, 0.2) is 0 Å². The molecule has 0 atom stereocenters. The summed E-state index contributed by atoms with van der Waals surface area (Å²) in [4.78, 5) is 4.84. The van der Waals surface area contributed by atoms with E-state index in [1.165, 1.54) is 49.7 Å². The maximum Gasteiger partial charge on any atom is 0.0648 e. The molecule has 1 fully saturated rings. The van der Waals surface area contributed by atoms with Crippen LogP contribution in [0.5, 0.6) is 0 Å². The van der Waals surface area contributed by atoms with E-state index in [-0.39, 0.29) is 17.9 Å². The van der Waals surface area contributed by atoms with Crippen molar-refractivity contribution in [2.45, 2.75) is 44.1 Å². The third kappa shape index (κ3) is 2.01. The second kappa shape index (κ2) is 4.58. The number of aliphatic imine (C=N–C) groups is 1. The lowest BCUT2D eigenvalue weighted by atomic mass is 9.76. The number of hydrogen-bond acceptors (Lipinski definition) is 1. The molecule has 0 unspecified atom stereocenters. The molecule has 1 heterocycles. The van der Waals surface area contributed by atoms with Crippen LogP contribution in [0.25, 0.3) is 0 Å². The van der Waals surface area contributed by atoms with Crippen LogP contribution in [0.3, 0.4) is 0 Å². The van der Waals surface area contributed by atoms with Crippen molar-refractivity contribution in [2.75, 3.05) is 0 Å². The third-order valence-corrected chi connectivity index (χ3v) is 3.84. The number of fused-ring (bicyclic) bond motifs is 1. The lowest BCUT2D eigenvalue weighted by Gasteiger charge is -2.36. The third-order valence-electron chi connectivity index (χ3n) is 3.84. The molecular weight excluding hydrogens is 218 g/mol. The molecule has 1 aliphatic heterocycles. The van der Waals surface area contributed by atoms with Gasteiger partial charge in [0.1, 0.15) is 0 Å². The van der Waals surface area contributed by atoms with E-state index in [0.29, 0.717) is 0 Å². The summed E-state index contributed by atoms with van der Waals surface area (Å²) in [6.07, 6.45) is 9.97. The minimum absolute atomic E-state index is 0. The number of halogens is 1. The molecule has 2 aliphatic rings. The summed E-state index contributed by atoms with van der Waals surface area (Å²) in [6.45, 7) is 0. The zero-order chi connectivity index (χ0) is 10.1. The van der Waals surface area contributed by atoms with E-state index in [1.54, 1.807) is 0 Å². The van der Waals surface area contributed by atoms with Gasteiger partial charge >= 0.3 is 0 Å². The highest BCUT2D eigenvalue weighted by Gasteiger charge is 2.33. The molecule has 86 valence electrons. The van der Waals surface area contributed by atoms with Gasteiger partial charge in [0, 0.05) is 6.21 Å². The van der Waals surface area contributed by atoms with E-state index in [0.717, 1.165) is 0 Å². The monoisotopic (exact) mass is 235 g/mol. The Morgan fingerprint density at radius 3 is 2.56 bits per heavy atom. The van der Waals surface area contributed by atoms with Crippen LogP contribution in [0, 0.1) is 0 Å². The molecule has 1 saturated carbocycles. The summed E-state index contributed by atoms with van der Waals surface area (Å²) >= 11 is 0. The van der Waals surface area contributed by atoms with Gasteiger partial charge in [-0.15, -0.1) is 12.4 Å². The largest absolute Gasteiger partial charge is 0.286 e. The second-order valence-electron chi connectivity index (χ2n) is 4.92. The van der Waals surface area contributed by atoms with E-state index < -0.39 is 0 Å². The lowest BCUT2D eigenvalue weighted by molar-refractivity contribution is 0.295. The molecule has 0 aromatic heterocycles. The Bertz CT molecular complexity index is 391. The van der Waals surface area contributed by atoms with E-state index in [4.69, 9.17) is 4.99 Å². The zero-order valence-corrected chi connectivity index (χ0v) is 10.3. The highest BCUT2D eigenvalue weighted by Crippen LogP contribution is 2.37. The number of rotatable bonds is 0. The van der Waals surface area contributed by atoms with Gasteiger partial charge in [0.2, 0.25) is 0 Å². The fraction of sp³-hybridized carbons (Fsp3) is 0.500. The van der Waals surface area contributed by atoms with Crippen LogP contribution in [-0.4, -0.2) is 11.8 Å². The fourth-order valence-corrected chi connectivity index (χ4v) is 2.94. The molecule has 0 saturated heterocycles. The van der Waals surface area contributed by atoms with Crippen molar-refractivity contribution >= 4 is 18.6 Å². The second-order valence-corrected chi connectivity index (χ2v) is 4.92. The number of hydrogen-bond donors (Lipinski definition) is 0. The minimum Gasteiger partial charge on any atom is -0.286 e. The summed E-state index contributed by atoms with van der Waals surface area (Å²) in [7, 11) is 0.